The molecule has 2 N–H and O–H groups in total. The summed E-state index contributed by atoms with van der Waals surface area (Å²) in [4.78, 5) is 39.6. The van der Waals surface area contributed by atoms with Gasteiger partial charge in [0.25, 0.3) is 5.91 Å². The number of fused-ring (bicyclic) bond motifs is 1. The molecule has 1 aromatic heterocycles. The predicted octanol–water partition coefficient (Wildman–Crippen LogP) is 2.17. The summed E-state index contributed by atoms with van der Waals surface area (Å²) in [5.74, 6) is 0.676. The van der Waals surface area contributed by atoms with Crippen LogP contribution >= 0.6 is 0 Å². The number of hydrogen-bond acceptors (Lipinski definition) is 5. The van der Waals surface area contributed by atoms with E-state index in [1.165, 1.54) is 0 Å². The van der Waals surface area contributed by atoms with Crippen LogP contribution in [0, 0.1) is 6.92 Å². The fourth-order valence-corrected chi connectivity index (χ4v) is 4.13. The lowest BCUT2D eigenvalue weighted by molar-refractivity contribution is -0.139. The van der Waals surface area contributed by atoms with Crippen molar-refractivity contribution in [3.63, 3.8) is 0 Å². The van der Waals surface area contributed by atoms with Gasteiger partial charge in [-0.25, -0.2) is 0 Å². The summed E-state index contributed by atoms with van der Waals surface area (Å²) in [7, 11) is 0. The Labute approximate surface area is 180 Å². The van der Waals surface area contributed by atoms with Gasteiger partial charge in [-0.15, -0.1) is 0 Å². The monoisotopic (exact) mass is 425 g/mol. The highest BCUT2D eigenvalue weighted by molar-refractivity contribution is 5.97. The molecule has 0 saturated carbocycles. The molecule has 1 saturated heterocycles. The van der Waals surface area contributed by atoms with Gasteiger partial charge in [-0.05, 0) is 44.5 Å². The third-order valence-electron chi connectivity index (χ3n) is 6.06. The van der Waals surface area contributed by atoms with Gasteiger partial charge in [0.15, 0.2) is 0 Å². The Morgan fingerprint density at radius 2 is 2.13 bits per heavy atom. The van der Waals surface area contributed by atoms with Crippen LogP contribution in [0.25, 0.3) is 0 Å². The van der Waals surface area contributed by atoms with Crippen molar-refractivity contribution in [1.82, 2.24) is 15.5 Å². The van der Waals surface area contributed by atoms with Crippen LogP contribution in [-0.4, -0.2) is 47.4 Å². The van der Waals surface area contributed by atoms with Gasteiger partial charge in [0.1, 0.15) is 23.2 Å². The average molecular weight is 425 g/mol. The van der Waals surface area contributed by atoms with Crippen molar-refractivity contribution in [1.29, 1.82) is 0 Å². The summed E-state index contributed by atoms with van der Waals surface area (Å²) in [6, 6.07) is 8.45. The van der Waals surface area contributed by atoms with E-state index in [0.717, 1.165) is 5.56 Å². The van der Waals surface area contributed by atoms with E-state index in [2.05, 4.69) is 10.6 Å². The molecule has 31 heavy (non-hydrogen) atoms. The van der Waals surface area contributed by atoms with E-state index in [0.29, 0.717) is 43.0 Å². The van der Waals surface area contributed by atoms with E-state index in [1.54, 1.807) is 30.2 Å². The second kappa shape index (κ2) is 8.45. The highest BCUT2D eigenvalue weighted by Crippen LogP contribution is 2.34. The van der Waals surface area contributed by atoms with Crippen LogP contribution < -0.4 is 15.4 Å². The van der Waals surface area contributed by atoms with Crippen LogP contribution in [0.3, 0.4) is 0 Å². The van der Waals surface area contributed by atoms with Gasteiger partial charge in [0, 0.05) is 19.4 Å². The summed E-state index contributed by atoms with van der Waals surface area (Å²) in [6.45, 7) is 4.61. The molecule has 0 aliphatic carbocycles. The van der Waals surface area contributed by atoms with Crippen molar-refractivity contribution in [2.45, 2.75) is 51.3 Å². The number of benzene rings is 1. The molecule has 8 nitrogen and oxygen atoms in total. The molecule has 1 spiro atoms. The van der Waals surface area contributed by atoms with Crippen LogP contribution in [-0.2, 0) is 16.1 Å². The first-order valence-corrected chi connectivity index (χ1v) is 10.5. The fraction of sp³-hybridized carbons (Fsp3) is 0.435. The second-order valence-electron chi connectivity index (χ2n) is 8.28. The first-order valence-electron chi connectivity index (χ1n) is 10.5. The van der Waals surface area contributed by atoms with Crippen molar-refractivity contribution in [3.05, 3.63) is 53.5 Å². The molecule has 8 heteroatoms. The largest absolute Gasteiger partial charge is 0.485 e. The molecule has 1 fully saturated rings. The molecule has 164 valence electrons. The van der Waals surface area contributed by atoms with Crippen molar-refractivity contribution < 1.29 is 23.5 Å². The summed E-state index contributed by atoms with van der Waals surface area (Å²) >= 11 is 0. The maximum atomic E-state index is 12.8. The van der Waals surface area contributed by atoms with Gasteiger partial charge in [-0.3, -0.25) is 14.4 Å². The minimum Gasteiger partial charge on any atom is -0.485 e. The van der Waals surface area contributed by atoms with Crippen LogP contribution in [0.1, 0.15) is 47.9 Å². The van der Waals surface area contributed by atoms with Crippen LogP contribution in [0.2, 0.25) is 0 Å². The summed E-state index contributed by atoms with van der Waals surface area (Å²) < 4.78 is 11.6. The lowest BCUT2D eigenvalue weighted by Gasteiger charge is -2.32. The molecular weight excluding hydrogens is 398 g/mol. The van der Waals surface area contributed by atoms with Gasteiger partial charge in [-0.2, -0.15) is 0 Å². The SMILES string of the molecule is Cc1ccc2c(c1)C(=O)NCC1(CCC(=O)N(C(C)C(=O)NCc3ccco3)CC1)O2. The number of aryl methyl sites for hydroxylation is 1. The molecule has 0 bridgehead atoms. The first kappa shape index (κ1) is 21.0. The van der Waals surface area contributed by atoms with E-state index in [4.69, 9.17) is 9.15 Å². The number of likely N-dealkylation sites (tertiary alicyclic amines) is 1. The molecule has 2 atom stereocenters. The third kappa shape index (κ3) is 4.42. The Balaban J connectivity index is 1.46. The van der Waals surface area contributed by atoms with E-state index in [9.17, 15) is 14.4 Å². The smallest absolute Gasteiger partial charge is 0.255 e. The predicted molar refractivity (Wildman–Crippen MR) is 112 cm³/mol. The zero-order valence-electron chi connectivity index (χ0n) is 17.8. The first-order chi connectivity index (χ1) is 14.9. The number of carbonyl (C=O) groups excluding carboxylic acids is 3. The van der Waals surface area contributed by atoms with Crippen molar-refractivity contribution in [3.8, 4) is 5.75 Å². The Bertz CT molecular complexity index is 987. The molecule has 3 amide bonds. The van der Waals surface area contributed by atoms with Crippen molar-refractivity contribution in [2.24, 2.45) is 0 Å². The van der Waals surface area contributed by atoms with Crippen LogP contribution in [0.4, 0.5) is 0 Å². The number of nitrogens with zero attached hydrogens (tertiary/aromatic N) is 1. The Morgan fingerprint density at radius 3 is 2.90 bits per heavy atom. The fourth-order valence-electron chi connectivity index (χ4n) is 4.13. The quantitative estimate of drug-likeness (QED) is 0.782. The lowest BCUT2D eigenvalue weighted by atomic mass is 9.94. The number of nitrogens with one attached hydrogen (secondary N) is 2. The third-order valence-corrected chi connectivity index (χ3v) is 6.06. The zero-order chi connectivity index (χ0) is 22.0. The van der Waals surface area contributed by atoms with Crippen LogP contribution in [0.15, 0.2) is 41.0 Å². The molecule has 2 aromatic rings. The van der Waals surface area contributed by atoms with Crippen molar-refractivity contribution >= 4 is 17.7 Å². The Hall–Kier alpha value is -3.29. The summed E-state index contributed by atoms with van der Waals surface area (Å²) in [6.07, 6.45) is 2.78. The number of carbonyl (C=O) groups is 3. The number of furan rings is 1. The Morgan fingerprint density at radius 1 is 1.29 bits per heavy atom. The van der Waals surface area contributed by atoms with E-state index in [1.807, 2.05) is 25.1 Å². The average Bonchev–Trinajstić information content (AvgIpc) is 3.18. The summed E-state index contributed by atoms with van der Waals surface area (Å²) in [5.41, 5.74) is 0.797. The van der Waals surface area contributed by atoms with E-state index < -0.39 is 11.6 Å². The van der Waals surface area contributed by atoms with Gasteiger partial charge in [-0.1, -0.05) is 11.6 Å². The molecule has 1 aromatic carbocycles. The normalized spacial score (nSPS) is 22.1. The maximum Gasteiger partial charge on any atom is 0.255 e. The minimum atomic E-state index is -0.690. The number of hydrogen-bond donors (Lipinski definition) is 2. The van der Waals surface area contributed by atoms with Gasteiger partial charge in [0.2, 0.25) is 11.8 Å². The molecule has 2 aliphatic heterocycles. The standard InChI is InChI=1S/C23H27N3O5/c1-15-5-6-19-18(12-15)22(29)25-14-23(31-19)8-7-20(27)26(10-9-23)16(2)21(28)24-13-17-4-3-11-30-17/h3-6,11-12,16H,7-10,13-14H2,1-2H3,(H,24,28)(H,25,29). The topological polar surface area (TPSA) is 101 Å². The summed E-state index contributed by atoms with van der Waals surface area (Å²) in [5, 5.41) is 5.76. The van der Waals surface area contributed by atoms with Gasteiger partial charge < -0.3 is 24.7 Å². The minimum absolute atomic E-state index is 0.0965. The molecular formula is C23H27N3O5. The molecule has 3 heterocycles. The zero-order valence-corrected chi connectivity index (χ0v) is 17.8. The highest BCUT2D eigenvalue weighted by Gasteiger charge is 2.41. The molecule has 0 radical (unpaired) electrons. The number of rotatable bonds is 4. The lowest BCUT2D eigenvalue weighted by Crippen LogP contribution is -2.49. The molecule has 2 unspecified atom stereocenters. The maximum absolute atomic E-state index is 12.8. The van der Waals surface area contributed by atoms with E-state index >= 15 is 0 Å². The van der Waals surface area contributed by atoms with Gasteiger partial charge in [0.05, 0.1) is 24.9 Å². The van der Waals surface area contributed by atoms with Crippen LogP contribution in [0.5, 0.6) is 5.75 Å². The Kier molecular flexibility index (Phi) is 5.71. The van der Waals surface area contributed by atoms with Crippen molar-refractivity contribution in [2.75, 3.05) is 13.1 Å². The number of amides is 3. The highest BCUT2D eigenvalue weighted by atomic mass is 16.5. The van der Waals surface area contributed by atoms with E-state index in [-0.39, 0.29) is 30.7 Å². The molecule has 4 rings (SSSR count). The number of ether oxygens (including phenoxy) is 1. The van der Waals surface area contributed by atoms with Gasteiger partial charge >= 0.3 is 0 Å². The second-order valence-corrected chi connectivity index (χ2v) is 8.28. The molecule has 2 aliphatic rings.